The van der Waals surface area contributed by atoms with Crippen LogP contribution in [0, 0.1) is 0 Å². The zero-order valence-corrected chi connectivity index (χ0v) is 11.2. The van der Waals surface area contributed by atoms with Crippen molar-refractivity contribution in [3.63, 3.8) is 0 Å². The first kappa shape index (κ1) is 14.0. The van der Waals surface area contributed by atoms with E-state index in [0.717, 1.165) is 38.5 Å². The van der Waals surface area contributed by atoms with Crippen LogP contribution in [-0.4, -0.2) is 66.4 Å². The summed E-state index contributed by atoms with van der Waals surface area (Å²) >= 11 is 0. The number of nitrogens with two attached hydrogens (primary N) is 1. The highest BCUT2D eigenvalue weighted by molar-refractivity contribution is 5.47. The summed E-state index contributed by atoms with van der Waals surface area (Å²) in [5, 5.41) is 8.93. The fourth-order valence-corrected chi connectivity index (χ4v) is 2.20. The van der Waals surface area contributed by atoms with E-state index in [-0.39, 0.29) is 6.61 Å². The van der Waals surface area contributed by atoms with Gasteiger partial charge in [0.15, 0.2) is 5.82 Å². The van der Waals surface area contributed by atoms with Crippen LogP contribution in [0.15, 0.2) is 6.07 Å². The molecule has 0 aromatic carbocycles. The number of nitrogen functional groups attached to an aromatic ring is 1. The molecular formula is C12H21N5O2. The molecule has 0 atom stereocenters. The number of ether oxygens (including phenoxy) is 1. The van der Waals surface area contributed by atoms with Gasteiger partial charge in [-0.25, -0.2) is 9.97 Å². The number of hydrogen-bond donors (Lipinski definition) is 2. The van der Waals surface area contributed by atoms with E-state index in [9.17, 15) is 0 Å². The molecule has 1 saturated heterocycles. The fourth-order valence-electron chi connectivity index (χ4n) is 2.20. The molecule has 1 aliphatic rings. The van der Waals surface area contributed by atoms with Crippen LogP contribution >= 0.6 is 0 Å². The summed E-state index contributed by atoms with van der Waals surface area (Å²) in [6, 6.07) is 1.79. The lowest BCUT2D eigenvalue weighted by Crippen LogP contribution is -2.47. The van der Waals surface area contributed by atoms with Gasteiger partial charge >= 0.3 is 0 Å². The molecule has 1 aromatic heterocycles. The van der Waals surface area contributed by atoms with Gasteiger partial charge in [0, 0.05) is 45.9 Å². The van der Waals surface area contributed by atoms with E-state index < -0.39 is 0 Å². The van der Waals surface area contributed by atoms with Crippen molar-refractivity contribution < 1.29 is 9.84 Å². The second kappa shape index (κ2) is 6.65. The van der Waals surface area contributed by atoms with Crippen LogP contribution < -0.4 is 10.6 Å². The number of hydrogen-bond acceptors (Lipinski definition) is 7. The van der Waals surface area contributed by atoms with Crippen molar-refractivity contribution in [1.29, 1.82) is 0 Å². The number of aromatic nitrogens is 2. The van der Waals surface area contributed by atoms with Gasteiger partial charge < -0.3 is 20.5 Å². The van der Waals surface area contributed by atoms with E-state index in [4.69, 9.17) is 15.6 Å². The second-order valence-corrected chi connectivity index (χ2v) is 4.55. The van der Waals surface area contributed by atoms with Crippen LogP contribution in [0.4, 0.5) is 11.6 Å². The zero-order valence-electron chi connectivity index (χ0n) is 11.2. The Labute approximate surface area is 113 Å². The van der Waals surface area contributed by atoms with Crippen molar-refractivity contribution in [3.8, 4) is 0 Å². The van der Waals surface area contributed by atoms with Crippen molar-refractivity contribution in [1.82, 2.24) is 14.9 Å². The Morgan fingerprint density at radius 3 is 2.68 bits per heavy atom. The first-order valence-electron chi connectivity index (χ1n) is 6.43. The Bertz CT molecular complexity index is 407. The van der Waals surface area contributed by atoms with E-state index >= 15 is 0 Å². The number of anilines is 2. The van der Waals surface area contributed by atoms with Gasteiger partial charge in [-0.3, -0.25) is 4.90 Å². The Morgan fingerprint density at radius 1 is 1.32 bits per heavy atom. The monoisotopic (exact) mass is 267 g/mol. The minimum absolute atomic E-state index is 0.207. The lowest BCUT2D eigenvalue weighted by atomic mass is 10.3. The molecule has 0 saturated carbocycles. The zero-order chi connectivity index (χ0) is 13.7. The number of nitrogens with zero attached hydrogens (tertiary/aromatic N) is 4. The third-order valence-corrected chi connectivity index (χ3v) is 3.16. The van der Waals surface area contributed by atoms with Gasteiger partial charge in [-0.15, -0.1) is 0 Å². The standard InChI is InChI=1S/C12H21N5O2/c1-19-9-11-14-10(13)8-12(15-11)17-4-2-16(3-5-17)6-7-18/h8,18H,2-7,9H2,1H3,(H2,13,14,15). The Balaban J connectivity index is 2.02. The maximum Gasteiger partial charge on any atom is 0.158 e. The van der Waals surface area contributed by atoms with Gasteiger partial charge in [0.05, 0.1) is 6.61 Å². The van der Waals surface area contributed by atoms with Crippen LogP contribution in [-0.2, 0) is 11.3 Å². The molecule has 7 nitrogen and oxygen atoms in total. The molecule has 2 rings (SSSR count). The van der Waals surface area contributed by atoms with Gasteiger partial charge in [0.2, 0.25) is 0 Å². The van der Waals surface area contributed by atoms with E-state index in [1.54, 1.807) is 13.2 Å². The van der Waals surface area contributed by atoms with Gasteiger partial charge in [-0.1, -0.05) is 0 Å². The minimum atomic E-state index is 0.207. The molecule has 2 heterocycles. The molecule has 1 aliphatic heterocycles. The van der Waals surface area contributed by atoms with Crippen LogP contribution in [0.1, 0.15) is 5.82 Å². The summed E-state index contributed by atoms with van der Waals surface area (Å²) < 4.78 is 5.04. The highest BCUT2D eigenvalue weighted by atomic mass is 16.5. The number of aliphatic hydroxyl groups is 1. The molecule has 0 spiro atoms. The van der Waals surface area contributed by atoms with Gasteiger partial charge in [-0.2, -0.15) is 0 Å². The second-order valence-electron chi connectivity index (χ2n) is 4.55. The van der Waals surface area contributed by atoms with Crippen molar-refractivity contribution in [2.75, 3.05) is 57.1 Å². The van der Waals surface area contributed by atoms with Crippen LogP contribution in [0.2, 0.25) is 0 Å². The van der Waals surface area contributed by atoms with Crippen LogP contribution in [0.5, 0.6) is 0 Å². The molecule has 3 N–H and O–H groups in total. The molecule has 0 amide bonds. The third kappa shape index (κ3) is 3.76. The minimum Gasteiger partial charge on any atom is -0.395 e. The summed E-state index contributed by atoms with van der Waals surface area (Å²) in [6.07, 6.45) is 0. The normalized spacial score (nSPS) is 16.8. The Hall–Kier alpha value is -1.44. The average molecular weight is 267 g/mol. The van der Waals surface area contributed by atoms with Gasteiger partial charge in [0.1, 0.15) is 18.2 Å². The van der Waals surface area contributed by atoms with Crippen LogP contribution in [0.3, 0.4) is 0 Å². The number of methoxy groups -OCH3 is 1. The topological polar surface area (TPSA) is 87.7 Å². The maximum atomic E-state index is 8.93. The van der Waals surface area contributed by atoms with E-state index in [0.29, 0.717) is 18.2 Å². The molecule has 1 fully saturated rings. The first-order chi connectivity index (χ1) is 9.22. The van der Waals surface area contributed by atoms with Crippen molar-refractivity contribution in [2.45, 2.75) is 6.61 Å². The summed E-state index contributed by atoms with van der Waals surface area (Å²) in [4.78, 5) is 13.0. The maximum absolute atomic E-state index is 8.93. The lowest BCUT2D eigenvalue weighted by Gasteiger charge is -2.35. The van der Waals surface area contributed by atoms with E-state index in [1.807, 2.05) is 0 Å². The number of β-amino-alcohol motifs (C(OH)–C–C–N with tert-alkyl or cyclic N) is 1. The molecule has 0 radical (unpaired) electrons. The summed E-state index contributed by atoms with van der Waals surface area (Å²) in [6.45, 7) is 4.90. The highest BCUT2D eigenvalue weighted by Crippen LogP contribution is 2.16. The summed E-state index contributed by atoms with van der Waals surface area (Å²) in [5.41, 5.74) is 5.79. The quantitative estimate of drug-likeness (QED) is 0.730. The Kier molecular flexibility index (Phi) is 4.89. The molecule has 0 bridgehead atoms. The molecule has 19 heavy (non-hydrogen) atoms. The van der Waals surface area contributed by atoms with Gasteiger partial charge in [0.25, 0.3) is 0 Å². The predicted octanol–water partition coefficient (Wildman–Crippen LogP) is -0.680. The van der Waals surface area contributed by atoms with Crippen molar-refractivity contribution >= 4 is 11.6 Å². The lowest BCUT2D eigenvalue weighted by molar-refractivity contribution is 0.177. The Morgan fingerprint density at radius 2 is 2.05 bits per heavy atom. The first-order valence-corrected chi connectivity index (χ1v) is 6.43. The molecule has 1 aromatic rings. The third-order valence-electron chi connectivity index (χ3n) is 3.16. The van der Waals surface area contributed by atoms with Gasteiger partial charge in [-0.05, 0) is 0 Å². The molecular weight excluding hydrogens is 246 g/mol. The smallest absolute Gasteiger partial charge is 0.158 e. The SMILES string of the molecule is COCc1nc(N)cc(N2CCN(CCO)CC2)n1. The number of aliphatic hydroxyl groups excluding tert-OH is 1. The van der Waals surface area contributed by atoms with Crippen molar-refractivity contribution in [2.24, 2.45) is 0 Å². The largest absolute Gasteiger partial charge is 0.395 e. The fraction of sp³-hybridized carbons (Fsp3) is 0.667. The molecule has 7 heteroatoms. The van der Waals surface area contributed by atoms with Crippen molar-refractivity contribution in [3.05, 3.63) is 11.9 Å². The summed E-state index contributed by atoms with van der Waals surface area (Å²) in [7, 11) is 1.61. The highest BCUT2D eigenvalue weighted by Gasteiger charge is 2.18. The number of piperazine rings is 1. The predicted molar refractivity (Wildman–Crippen MR) is 72.9 cm³/mol. The molecule has 0 aliphatic carbocycles. The molecule has 0 unspecified atom stereocenters. The van der Waals surface area contributed by atoms with E-state index in [1.165, 1.54) is 0 Å². The molecule has 106 valence electrons. The number of rotatable bonds is 5. The van der Waals surface area contributed by atoms with E-state index in [2.05, 4.69) is 19.8 Å². The average Bonchev–Trinajstić information content (AvgIpc) is 2.40. The summed E-state index contributed by atoms with van der Waals surface area (Å²) in [5.74, 6) is 1.92. The van der Waals surface area contributed by atoms with Crippen LogP contribution in [0.25, 0.3) is 0 Å².